The molecule has 0 saturated carbocycles. The monoisotopic (exact) mass is 286 g/mol. The molecule has 0 heterocycles. The number of hydrogen-bond donors (Lipinski definition) is 0. The van der Waals surface area contributed by atoms with Crippen molar-refractivity contribution in [2.45, 2.75) is 6.42 Å². The van der Waals surface area contributed by atoms with Crippen molar-refractivity contribution in [3.05, 3.63) is 66.2 Å². The molecule has 0 amide bonds. The second-order valence-electron chi connectivity index (χ2n) is 3.87. The molecule has 17 heavy (non-hydrogen) atoms. The van der Waals surface area contributed by atoms with Gasteiger partial charge in [-0.3, -0.25) is 0 Å². The predicted molar refractivity (Wildman–Crippen MR) is 79.3 cm³/mol. The van der Waals surface area contributed by atoms with Crippen molar-refractivity contribution in [2.24, 2.45) is 0 Å². The lowest BCUT2D eigenvalue weighted by molar-refractivity contribution is 1.27. The van der Waals surface area contributed by atoms with Crippen molar-refractivity contribution < 1.29 is 0 Å². The summed E-state index contributed by atoms with van der Waals surface area (Å²) in [4.78, 5) is 0. The van der Waals surface area contributed by atoms with E-state index in [2.05, 4.69) is 76.6 Å². The highest BCUT2D eigenvalue weighted by Gasteiger charge is 1.96. The summed E-state index contributed by atoms with van der Waals surface area (Å²) >= 11 is 3.42. The summed E-state index contributed by atoms with van der Waals surface area (Å²) in [5.41, 5.74) is 3.79. The van der Waals surface area contributed by atoms with Gasteiger partial charge in [0.15, 0.2) is 0 Å². The van der Waals surface area contributed by atoms with Crippen LogP contribution in [0, 0.1) is 0 Å². The molecule has 0 aliphatic rings. The van der Waals surface area contributed by atoms with E-state index in [1.807, 2.05) is 6.07 Å². The number of benzene rings is 2. The summed E-state index contributed by atoms with van der Waals surface area (Å²) in [5, 5.41) is 1.02. The van der Waals surface area contributed by atoms with Crippen LogP contribution < -0.4 is 0 Å². The van der Waals surface area contributed by atoms with E-state index in [1.165, 1.54) is 16.7 Å². The highest BCUT2D eigenvalue weighted by Crippen LogP contribution is 2.20. The Morgan fingerprint density at radius 2 is 1.65 bits per heavy atom. The molecule has 0 fully saturated rings. The molecule has 0 saturated heterocycles. The van der Waals surface area contributed by atoms with E-state index in [0.717, 1.165) is 11.8 Å². The number of halogens is 1. The minimum absolute atomic E-state index is 1.02. The number of alkyl halides is 1. The highest BCUT2D eigenvalue weighted by atomic mass is 79.9. The number of allylic oxidation sites excluding steroid dienone is 1. The molecule has 86 valence electrons. The molecular weight excluding hydrogens is 272 g/mol. The van der Waals surface area contributed by atoms with Gasteiger partial charge in [-0.15, -0.1) is 0 Å². The third kappa shape index (κ3) is 3.57. The standard InChI is InChI=1S/C16H15Br/c17-12-5-4-7-14-8-6-11-16(13-14)15-9-2-1-3-10-15/h1-4,6-11,13H,5,12H2. The molecule has 0 N–H and O–H groups in total. The van der Waals surface area contributed by atoms with E-state index < -0.39 is 0 Å². The maximum atomic E-state index is 3.42. The molecular formula is C16H15Br. The lowest BCUT2D eigenvalue weighted by Crippen LogP contribution is -1.78. The Hall–Kier alpha value is -1.34. The SMILES string of the molecule is BrCCC=Cc1cccc(-c2ccccc2)c1. The first-order chi connectivity index (χ1) is 8.40. The van der Waals surface area contributed by atoms with Crippen LogP contribution in [-0.4, -0.2) is 5.33 Å². The van der Waals surface area contributed by atoms with Gasteiger partial charge >= 0.3 is 0 Å². The molecule has 2 rings (SSSR count). The van der Waals surface area contributed by atoms with Crippen molar-refractivity contribution in [2.75, 3.05) is 5.33 Å². The predicted octanol–water partition coefficient (Wildman–Crippen LogP) is 5.15. The van der Waals surface area contributed by atoms with E-state index in [4.69, 9.17) is 0 Å². The zero-order chi connectivity index (χ0) is 11.9. The van der Waals surface area contributed by atoms with Crippen LogP contribution in [0.25, 0.3) is 17.2 Å². The van der Waals surface area contributed by atoms with Crippen molar-refractivity contribution in [3.63, 3.8) is 0 Å². The van der Waals surface area contributed by atoms with Gasteiger partial charge in [-0.2, -0.15) is 0 Å². The van der Waals surface area contributed by atoms with E-state index in [0.29, 0.717) is 0 Å². The second kappa shape index (κ2) is 6.41. The third-order valence-corrected chi connectivity index (χ3v) is 3.04. The average molecular weight is 287 g/mol. The zero-order valence-corrected chi connectivity index (χ0v) is 11.2. The average Bonchev–Trinajstić information content (AvgIpc) is 2.41. The van der Waals surface area contributed by atoms with Crippen molar-refractivity contribution >= 4 is 22.0 Å². The summed E-state index contributed by atoms with van der Waals surface area (Å²) in [6, 6.07) is 19.1. The smallest absolute Gasteiger partial charge is 0.00660 e. The molecule has 0 aliphatic heterocycles. The van der Waals surface area contributed by atoms with Gasteiger partial charge in [0, 0.05) is 5.33 Å². The molecule has 0 nitrogen and oxygen atoms in total. The normalized spacial score (nSPS) is 10.9. The van der Waals surface area contributed by atoms with Crippen LogP contribution in [-0.2, 0) is 0 Å². The number of hydrogen-bond acceptors (Lipinski definition) is 0. The van der Waals surface area contributed by atoms with Crippen LogP contribution >= 0.6 is 15.9 Å². The van der Waals surface area contributed by atoms with Crippen LogP contribution in [0.5, 0.6) is 0 Å². The Morgan fingerprint density at radius 3 is 2.41 bits per heavy atom. The van der Waals surface area contributed by atoms with E-state index in [1.54, 1.807) is 0 Å². The van der Waals surface area contributed by atoms with Crippen LogP contribution in [0.2, 0.25) is 0 Å². The lowest BCUT2D eigenvalue weighted by atomic mass is 10.0. The van der Waals surface area contributed by atoms with E-state index in [-0.39, 0.29) is 0 Å². The fourth-order valence-corrected chi connectivity index (χ4v) is 2.00. The Bertz CT molecular complexity index is 486. The molecule has 0 unspecified atom stereocenters. The molecule has 0 aromatic heterocycles. The van der Waals surface area contributed by atoms with Crippen molar-refractivity contribution in [1.29, 1.82) is 0 Å². The van der Waals surface area contributed by atoms with Crippen molar-refractivity contribution in [3.8, 4) is 11.1 Å². The quantitative estimate of drug-likeness (QED) is 0.682. The third-order valence-electron chi connectivity index (χ3n) is 2.58. The summed E-state index contributed by atoms with van der Waals surface area (Å²) in [5.74, 6) is 0. The van der Waals surface area contributed by atoms with Crippen molar-refractivity contribution in [1.82, 2.24) is 0 Å². The van der Waals surface area contributed by atoms with Gasteiger partial charge in [-0.25, -0.2) is 0 Å². The Labute approximate surface area is 111 Å². The minimum Gasteiger partial charge on any atom is -0.0925 e. The van der Waals surface area contributed by atoms with Gasteiger partial charge in [0.2, 0.25) is 0 Å². The second-order valence-corrected chi connectivity index (χ2v) is 4.66. The molecule has 2 aromatic carbocycles. The Morgan fingerprint density at radius 1 is 0.882 bits per heavy atom. The zero-order valence-electron chi connectivity index (χ0n) is 9.64. The summed E-state index contributed by atoms with van der Waals surface area (Å²) in [7, 11) is 0. The molecule has 1 heteroatoms. The molecule has 0 spiro atoms. The topological polar surface area (TPSA) is 0 Å². The molecule has 0 bridgehead atoms. The van der Waals surface area contributed by atoms with Gasteiger partial charge < -0.3 is 0 Å². The molecule has 2 aromatic rings. The maximum Gasteiger partial charge on any atom is 0.00660 e. The van der Waals surface area contributed by atoms with Crippen LogP contribution in [0.1, 0.15) is 12.0 Å². The first-order valence-electron chi connectivity index (χ1n) is 5.78. The fourth-order valence-electron chi connectivity index (χ4n) is 1.73. The largest absolute Gasteiger partial charge is 0.0925 e. The van der Waals surface area contributed by atoms with Crippen LogP contribution in [0.15, 0.2) is 60.7 Å². The maximum absolute atomic E-state index is 3.42. The van der Waals surface area contributed by atoms with Crippen LogP contribution in [0.4, 0.5) is 0 Å². The minimum atomic E-state index is 1.02. The van der Waals surface area contributed by atoms with Gasteiger partial charge in [0.1, 0.15) is 0 Å². The summed E-state index contributed by atoms with van der Waals surface area (Å²) < 4.78 is 0. The number of rotatable bonds is 4. The van der Waals surface area contributed by atoms with Gasteiger partial charge in [-0.05, 0) is 29.2 Å². The first kappa shape index (κ1) is 12.1. The highest BCUT2D eigenvalue weighted by molar-refractivity contribution is 9.09. The summed E-state index contributed by atoms with van der Waals surface area (Å²) in [6.45, 7) is 0. The van der Waals surface area contributed by atoms with Gasteiger partial charge in [0.05, 0.1) is 0 Å². The van der Waals surface area contributed by atoms with Gasteiger partial charge in [0.25, 0.3) is 0 Å². The summed E-state index contributed by atoms with van der Waals surface area (Å²) in [6.07, 6.45) is 5.43. The Balaban J connectivity index is 2.23. The Kier molecular flexibility index (Phi) is 4.57. The molecule has 0 atom stereocenters. The fraction of sp³-hybridized carbons (Fsp3) is 0.125. The molecule has 0 radical (unpaired) electrons. The van der Waals surface area contributed by atoms with E-state index in [9.17, 15) is 0 Å². The van der Waals surface area contributed by atoms with Gasteiger partial charge in [-0.1, -0.05) is 76.6 Å². The first-order valence-corrected chi connectivity index (χ1v) is 6.90. The molecule has 0 aliphatic carbocycles. The van der Waals surface area contributed by atoms with E-state index >= 15 is 0 Å². The van der Waals surface area contributed by atoms with Crippen LogP contribution in [0.3, 0.4) is 0 Å². The lowest BCUT2D eigenvalue weighted by Gasteiger charge is -2.02.